The molecule has 288 valence electrons. The molecule has 0 bridgehead atoms. The SMILES string of the molecule is CCCCCCCCCCCCCC[P+](CCCCCC)(CCCCCC)CCCCCC.O=P([O-])(C1CCCCC1)C1CCCCC1. The highest BCUT2D eigenvalue weighted by Crippen LogP contribution is 2.61. The van der Waals surface area contributed by atoms with Crippen LogP contribution in [-0.2, 0) is 4.57 Å². The lowest BCUT2D eigenvalue weighted by atomic mass is 10.00. The van der Waals surface area contributed by atoms with E-state index in [0.29, 0.717) is 0 Å². The third-order valence-electron chi connectivity index (χ3n) is 12.1. The molecule has 2 rings (SSSR count). The van der Waals surface area contributed by atoms with Gasteiger partial charge in [-0.1, -0.05) is 169 Å². The molecule has 2 aliphatic carbocycles. The summed E-state index contributed by atoms with van der Waals surface area (Å²) in [5.41, 5.74) is 0.0729. The Hall–Kier alpha value is 0.620. The van der Waals surface area contributed by atoms with Crippen molar-refractivity contribution >= 4 is 14.6 Å². The zero-order chi connectivity index (χ0) is 35.0. The maximum absolute atomic E-state index is 12.4. The van der Waals surface area contributed by atoms with Gasteiger partial charge in [0.25, 0.3) is 0 Å². The number of hydrogen-bond donors (Lipinski definition) is 0. The quantitative estimate of drug-likeness (QED) is 0.0549. The van der Waals surface area contributed by atoms with Gasteiger partial charge in [-0.05, 0) is 77.0 Å². The molecule has 0 unspecified atom stereocenters. The Morgan fingerprint density at radius 1 is 0.396 bits per heavy atom. The summed E-state index contributed by atoms with van der Waals surface area (Å²) in [4.78, 5) is 12.4. The van der Waals surface area contributed by atoms with Gasteiger partial charge in [0, 0.05) is 25.9 Å². The van der Waals surface area contributed by atoms with E-state index in [1.54, 1.807) is 50.3 Å². The van der Waals surface area contributed by atoms with Gasteiger partial charge in [0.2, 0.25) is 0 Å². The van der Waals surface area contributed by atoms with Gasteiger partial charge in [-0.25, -0.2) is 0 Å². The highest BCUT2D eigenvalue weighted by molar-refractivity contribution is 7.75. The van der Waals surface area contributed by atoms with E-state index in [1.807, 2.05) is 0 Å². The fourth-order valence-corrected chi connectivity index (χ4v) is 16.4. The molecule has 0 aromatic carbocycles. The molecule has 0 saturated heterocycles. The maximum atomic E-state index is 12.4. The van der Waals surface area contributed by atoms with E-state index in [-0.39, 0.29) is 11.3 Å². The molecule has 48 heavy (non-hydrogen) atoms. The molecule has 0 N–H and O–H groups in total. The summed E-state index contributed by atoms with van der Waals surface area (Å²) in [7, 11) is -3.79. The molecule has 2 saturated carbocycles. The average Bonchev–Trinajstić information content (AvgIpc) is 3.12. The van der Waals surface area contributed by atoms with Crippen LogP contribution < -0.4 is 4.89 Å². The van der Waals surface area contributed by atoms with Crippen molar-refractivity contribution in [3.05, 3.63) is 0 Å². The van der Waals surface area contributed by atoms with Crippen LogP contribution in [0, 0.1) is 0 Å². The van der Waals surface area contributed by atoms with Gasteiger partial charge < -0.3 is 9.46 Å². The average molecular weight is 713 g/mol. The zero-order valence-corrected chi connectivity index (χ0v) is 35.5. The summed E-state index contributed by atoms with van der Waals surface area (Å²) in [6, 6.07) is 0. The van der Waals surface area contributed by atoms with Crippen LogP contribution in [0.4, 0.5) is 0 Å². The number of hydrogen-bond acceptors (Lipinski definition) is 2. The maximum Gasteiger partial charge on any atom is 0.0594 e. The van der Waals surface area contributed by atoms with Crippen molar-refractivity contribution < 1.29 is 9.46 Å². The van der Waals surface area contributed by atoms with Crippen LogP contribution >= 0.6 is 14.6 Å². The third-order valence-corrected chi connectivity index (χ3v) is 20.2. The van der Waals surface area contributed by atoms with Gasteiger partial charge in [0.05, 0.1) is 24.6 Å². The standard InChI is InChI=1S/C32H68P.C12H23O2P/c1-5-9-13-17-18-19-20-21-22-23-24-28-32-33(29-25-14-10-6-2,30-26-15-11-7-3)31-27-16-12-8-4;13-15(14,11-7-3-1-4-8-11)12-9-5-2-6-10-12/h5-32H2,1-4H3;11-12H,1-10H2,(H,13,14)/q+1;/p-1. The molecule has 2 fully saturated rings. The van der Waals surface area contributed by atoms with Crippen LogP contribution in [0.25, 0.3) is 0 Å². The second kappa shape index (κ2) is 32.3. The lowest BCUT2D eigenvalue weighted by molar-refractivity contribution is -0.181. The predicted octanol–water partition coefficient (Wildman–Crippen LogP) is 15.7. The number of rotatable bonds is 30. The van der Waals surface area contributed by atoms with Gasteiger partial charge in [0.1, 0.15) is 0 Å². The minimum absolute atomic E-state index is 0.0364. The Kier molecular flexibility index (Phi) is 31.4. The first-order valence-electron chi connectivity index (χ1n) is 22.6. The van der Waals surface area contributed by atoms with Crippen molar-refractivity contribution in [3.8, 4) is 0 Å². The molecule has 0 aromatic rings. The van der Waals surface area contributed by atoms with E-state index in [1.165, 1.54) is 141 Å². The summed E-state index contributed by atoms with van der Waals surface area (Å²) in [5, 5.41) is 0. The van der Waals surface area contributed by atoms with E-state index in [0.717, 1.165) is 51.4 Å². The molecular formula is C44H90O2P2. The zero-order valence-electron chi connectivity index (χ0n) is 33.7. The van der Waals surface area contributed by atoms with Crippen LogP contribution in [0.2, 0.25) is 0 Å². The molecule has 4 heteroatoms. The van der Waals surface area contributed by atoms with Crippen molar-refractivity contribution in [2.75, 3.05) is 24.6 Å². The molecule has 0 atom stereocenters. The van der Waals surface area contributed by atoms with Crippen molar-refractivity contribution in [2.24, 2.45) is 0 Å². The smallest absolute Gasteiger partial charge is 0.0594 e. The molecule has 0 spiro atoms. The lowest BCUT2D eigenvalue weighted by Gasteiger charge is -2.42. The Balaban J connectivity index is 0.000000628. The third kappa shape index (κ3) is 23.2. The van der Waals surface area contributed by atoms with Crippen molar-refractivity contribution in [2.45, 2.75) is 257 Å². The first kappa shape index (κ1) is 46.6. The molecule has 0 amide bonds. The fourth-order valence-electron chi connectivity index (χ4n) is 8.76. The summed E-state index contributed by atoms with van der Waals surface area (Å²) in [6.45, 7) is 9.41. The highest BCUT2D eigenvalue weighted by Gasteiger charge is 2.35. The van der Waals surface area contributed by atoms with E-state index < -0.39 is 14.6 Å². The van der Waals surface area contributed by atoms with Crippen LogP contribution in [0.15, 0.2) is 0 Å². The van der Waals surface area contributed by atoms with Crippen LogP contribution in [0.3, 0.4) is 0 Å². The molecule has 2 nitrogen and oxygen atoms in total. The second-order valence-electron chi connectivity index (χ2n) is 16.5. The van der Waals surface area contributed by atoms with E-state index in [9.17, 15) is 9.46 Å². The molecule has 0 aromatic heterocycles. The van der Waals surface area contributed by atoms with Crippen molar-refractivity contribution in [3.63, 3.8) is 0 Å². The Morgan fingerprint density at radius 2 is 0.625 bits per heavy atom. The fraction of sp³-hybridized carbons (Fsp3) is 1.00. The molecule has 0 radical (unpaired) electrons. The van der Waals surface area contributed by atoms with Gasteiger partial charge >= 0.3 is 0 Å². The minimum atomic E-state index is -3.09. The van der Waals surface area contributed by atoms with Crippen LogP contribution in [-0.4, -0.2) is 36.0 Å². The van der Waals surface area contributed by atoms with E-state index in [2.05, 4.69) is 27.7 Å². The van der Waals surface area contributed by atoms with Gasteiger partial charge in [-0.2, -0.15) is 0 Å². The summed E-state index contributed by atoms with van der Waals surface area (Å²) < 4.78 is 12.4. The largest absolute Gasteiger partial charge is 0.799 e. The first-order valence-corrected chi connectivity index (χ1v) is 26.9. The van der Waals surface area contributed by atoms with Gasteiger partial charge in [0.15, 0.2) is 0 Å². The van der Waals surface area contributed by atoms with Crippen molar-refractivity contribution in [1.29, 1.82) is 0 Å². The highest BCUT2D eigenvalue weighted by atomic mass is 31.2. The predicted molar refractivity (Wildman–Crippen MR) is 221 cm³/mol. The van der Waals surface area contributed by atoms with Gasteiger partial charge in [-0.3, -0.25) is 0 Å². The lowest BCUT2D eigenvalue weighted by Crippen LogP contribution is -2.29. The van der Waals surface area contributed by atoms with Crippen LogP contribution in [0.5, 0.6) is 0 Å². The monoisotopic (exact) mass is 713 g/mol. The minimum Gasteiger partial charge on any atom is -0.799 e. The Morgan fingerprint density at radius 3 is 0.896 bits per heavy atom. The molecule has 2 aliphatic rings. The van der Waals surface area contributed by atoms with E-state index >= 15 is 0 Å². The van der Waals surface area contributed by atoms with Gasteiger partial charge in [-0.15, -0.1) is 0 Å². The molecular weight excluding hydrogens is 622 g/mol. The Bertz CT molecular complexity index is 659. The van der Waals surface area contributed by atoms with Crippen LogP contribution in [0.1, 0.15) is 246 Å². The normalized spacial score (nSPS) is 16.6. The first-order chi connectivity index (χ1) is 23.5. The summed E-state index contributed by atoms with van der Waals surface area (Å²) in [6.07, 6.45) is 52.8. The molecule has 0 heterocycles. The molecule has 0 aliphatic heterocycles. The topological polar surface area (TPSA) is 40.1 Å². The summed E-state index contributed by atoms with van der Waals surface area (Å²) >= 11 is 0. The number of unbranched alkanes of at least 4 members (excludes halogenated alkanes) is 20. The van der Waals surface area contributed by atoms with Crippen molar-refractivity contribution in [1.82, 2.24) is 0 Å². The summed E-state index contributed by atoms with van der Waals surface area (Å²) in [5.74, 6) is 0. The Labute approximate surface area is 305 Å². The van der Waals surface area contributed by atoms with E-state index in [4.69, 9.17) is 0 Å². The second-order valence-corrected chi connectivity index (χ2v) is 23.8.